The van der Waals surface area contributed by atoms with Crippen molar-refractivity contribution in [2.45, 2.75) is 118 Å². The number of β-amino-alcohol motifs (C(OH)–C–C–N with tert-alkyl or cyclic N) is 1. The fourth-order valence-electron chi connectivity index (χ4n) is 9.94. The van der Waals surface area contributed by atoms with Crippen LogP contribution in [0.5, 0.6) is 0 Å². The summed E-state index contributed by atoms with van der Waals surface area (Å²) in [5.74, 6) is -0.0707. The zero-order valence-electron chi connectivity index (χ0n) is 42.9. The number of amides is 4. The first-order chi connectivity index (χ1) is 35.3. The molecule has 9 rings (SSSR count). The number of anilines is 1. The number of hydrogen-bond acceptors (Lipinski definition) is 13. The van der Waals surface area contributed by atoms with Gasteiger partial charge in [-0.3, -0.25) is 28.7 Å². The molecule has 2 saturated heterocycles. The number of aromatic nitrogens is 4. The number of carbonyl (C=O) groups excluding carboxylic acids is 4. The number of aliphatic hydroxyl groups excluding tert-OH is 1. The van der Waals surface area contributed by atoms with Gasteiger partial charge in [-0.15, -0.1) is 32.9 Å². The molecule has 16 nitrogen and oxygen atoms in total. The summed E-state index contributed by atoms with van der Waals surface area (Å²) in [6.07, 6.45) is -0.240. The van der Waals surface area contributed by atoms with Gasteiger partial charge >= 0.3 is 0 Å². The summed E-state index contributed by atoms with van der Waals surface area (Å²) in [4.78, 5) is 70.5. The zero-order valence-corrected chi connectivity index (χ0v) is 45.3. The molecule has 4 N–H and O–H groups in total. The average Bonchev–Trinajstić information content (AvgIpc) is 4.23. The molecule has 19 heteroatoms. The summed E-state index contributed by atoms with van der Waals surface area (Å²) in [5, 5.41) is 30.3. The van der Waals surface area contributed by atoms with Gasteiger partial charge in [-0.05, 0) is 93.0 Å². The number of ether oxygens (including phenoxy) is 1. The van der Waals surface area contributed by atoms with Crippen molar-refractivity contribution in [3.63, 3.8) is 0 Å². The number of aryl methyl sites for hydroxylation is 3. The Morgan fingerprint density at radius 3 is 2.31 bits per heavy atom. The van der Waals surface area contributed by atoms with E-state index in [0.717, 1.165) is 72.7 Å². The average molecular weight is 1060 g/mol. The first kappa shape index (κ1) is 52.5. The van der Waals surface area contributed by atoms with Crippen LogP contribution >= 0.6 is 34.3 Å². The monoisotopic (exact) mass is 1060 g/mol. The molecule has 0 unspecified atom stereocenters. The van der Waals surface area contributed by atoms with Crippen molar-refractivity contribution < 1.29 is 29.0 Å². The van der Waals surface area contributed by atoms with E-state index in [1.165, 1.54) is 9.78 Å². The number of benzene rings is 3. The molecule has 6 atom stereocenters. The van der Waals surface area contributed by atoms with Crippen molar-refractivity contribution in [3.05, 3.63) is 133 Å². The second-order valence-corrected chi connectivity index (χ2v) is 23.1. The van der Waals surface area contributed by atoms with E-state index in [4.69, 9.17) is 21.3 Å². The molecule has 0 radical (unpaired) electrons. The summed E-state index contributed by atoms with van der Waals surface area (Å²) in [5.41, 5.74) is 9.76. The number of nitrogens with zero attached hydrogens (tertiary/aromatic N) is 7. The zero-order chi connectivity index (χ0) is 52.6. The van der Waals surface area contributed by atoms with Crippen LogP contribution in [0.3, 0.4) is 0 Å². The van der Waals surface area contributed by atoms with Crippen molar-refractivity contribution >= 4 is 69.3 Å². The fourth-order valence-corrected chi connectivity index (χ4v) is 12.1. The van der Waals surface area contributed by atoms with E-state index >= 15 is 0 Å². The Kier molecular flexibility index (Phi) is 15.5. The maximum absolute atomic E-state index is 14.2. The van der Waals surface area contributed by atoms with Gasteiger partial charge in [0.1, 0.15) is 35.6 Å². The molecule has 3 aliphatic heterocycles. The van der Waals surface area contributed by atoms with Gasteiger partial charge in [0.25, 0.3) is 0 Å². The number of aliphatic hydroxyl groups is 1. The Balaban J connectivity index is 0.767. The lowest BCUT2D eigenvalue weighted by Gasteiger charge is -2.35. The quantitative estimate of drug-likeness (QED) is 0.0785. The van der Waals surface area contributed by atoms with Gasteiger partial charge in [0, 0.05) is 59.3 Å². The SMILES string of the molecule is Cc1ncsc1-c1ccc(CNC(=O)[C@@H]2C[C@@H](O)CN2C(=O)[C@@H](NC(=O)CO[C@@H]2CCN(c3ccc([C@@H](C)NC(=O)C[C@@H]4N=C(c5ccc(Cl)cc5)c5c(sc(C)c5C)-n5c(C)nnc54)cc3)C2)C(C)(C)C)cc1. The summed E-state index contributed by atoms with van der Waals surface area (Å²) in [6, 6.07) is 20.8. The van der Waals surface area contributed by atoms with Crippen LogP contribution in [0.15, 0.2) is 83.3 Å². The first-order valence-corrected chi connectivity index (χ1v) is 27.1. The van der Waals surface area contributed by atoms with Crippen LogP contribution in [0, 0.1) is 33.1 Å². The van der Waals surface area contributed by atoms with Crippen LogP contribution in [0.2, 0.25) is 5.02 Å². The van der Waals surface area contributed by atoms with Gasteiger partial charge in [0.15, 0.2) is 5.82 Å². The largest absolute Gasteiger partial charge is 0.391 e. The Morgan fingerprint density at radius 1 is 0.905 bits per heavy atom. The fraction of sp³-hybridized carbons (Fsp3) is 0.418. The molecule has 2 fully saturated rings. The highest BCUT2D eigenvalue weighted by Crippen LogP contribution is 2.40. The van der Waals surface area contributed by atoms with Crippen molar-refractivity contribution in [1.29, 1.82) is 0 Å². The predicted octanol–water partition coefficient (Wildman–Crippen LogP) is 7.90. The molecule has 388 valence electrons. The lowest BCUT2D eigenvalue weighted by Crippen LogP contribution is -2.58. The molecule has 74 heavy (non-hydrogen) atoms. The Hall–Kier alpha value is -6.31. The minimum Gasteiger partial charge on any atom is -0.391 e. The van der Waals surface area contributed by atoms with E-state index in [9.17, 15) is 24.3 Å². The number of hydrogen-bond donors (Lipinski definition) is 4. The van der Waals surface area contributed by atoms with E-state index in [0.29, 0.717) is 23.8 Å². The lowest BCUT2D eigenvalue weighted by atomic mass is 9.85. The van der Waals surface area contributed by atoms with E-state index in [-0.39, 0.29) is 56.5 Å². The van der Waals surface area contributed by atoms with Crippen molar-refractivity contribution in [2.24, 2.45) is 10.4 Å². The number of nitrogens with one attached hydrogen (secondary N) is 3. The Labute approximate surface area is 444 Å². The molecule has 3 aliphatic rings. The van der Waals surface area contributed by atoms with Crippen LogP contribution in [0.1, 0.15) is 109 Å². The normalized spacial score (nSPS) is 19.3. The summed E-state index contributed by atoms with van der Waals surface area (Å²) >= 11 is 9.53. The summed E-state index contributed by atoms with van der Waals surface area (Å²) in [6.45, 7) is 16.9. The smallest absolute Gasteiger partial charge is 0.246 e. The van der Waals surface area contributed by atoms with E-state index in [2.05, 4.69) is 49.9 Å². The van der Waals surface area contributed by atoms with E-state index < -0.39 is 41.5 Å². The molecule has 3 aromatic heterocycles. The van der Waals surface area contributed by atoms with Gasteiger partial charge < -0.3 is 35.6 Å². The molecule has 4 amide bonds. The number of fused-ring (bicyclic) bond motifs is 3. The number of rotatable bonds is 15. The topological polar surface area (TPSA) is 196 Å². The van der Waals surface area contributed by atoms with Gasteiger partial charge in [0.2, 0.25) is 23.6 Å². The molecule has 3 aromatic carbocycles. The lowest BCUT2D eigenvalue weighted by molar-refractivity contribution is -0.144. The van der Waals surface area contributed by atoms with Crippen LogP contribution in [0.4, 0.5) is 5.69 Å². The third-order valence-corrected chi connectivity index (χ3v) is 16.6. The summed E-state index contributed by atoms with van der Waals surface area (Å²) in [7, 11) is 0. The van der Waals surface area contributed by atoms with Crippen LogP contribution in [-0.2, 0) is 30.5 Å². The predicted molar refractivity (Wildman–Crippen MR) is 289 cm³/mol. The van der Waals surface area contributed by atoms with Gasteiger partial charge in [-0.2, -0.15) is 0 Å². The third-order valence-electron chi connectivity index (χ3n) is 14.2. The summed E-state index contributed by atoms with van der Waals surface area (Å²) < 4.78 is 8.16. The number of thiophene rings is 1. The highest BCUT2D eigenvalue weighted by molar-refractivity contribution is 7.15. The second kappa shape index (κ2) is 21.9. The van der Waals surface area contributed by atoms with Gasteiger partial charge in [-0.1, -0.05) is 80.9 Å². The molecule has 0 aliphatic carbocycles. The molecular formula is C55H63ClN10O6S2. The first-order valence-electron chi connectivity index (χ1n) is 25.0. The van der Waals surface area contributed by atoms with E-state index in [1.54, 1.807) is 22.7 Å². The number of thiazole rings is 1. The highest BCUT2D eigenvalue weighted by atomic mass is 35.5. The highest BCUT2D eigenvalue weighted by Gasteiger charge is 2.45. The number of aliphatic imine (C=N–C) groups is 1. The number of likely N-dealkylation sites (tertiary alicyclic amines) is 1. The maximum Gasteiger partial charge on any atom is 0.246 e. The van der Waals surface area contributed by atoms with Crippen molar-refractivity contribution in [3.8, 4) is 15.4 Å². The Bertz CT molecular complexity index is 3070. The molecule has 0 saturated carbocycles. The standard InChI is InChI=1S/C55H63ClN10O6S2/c1-30-33(4)74-54-47(30)48(37-13-17-39(56)18-14-37)60-43(51-63-62-34(5)66(51)54)24-45(68)59-31(2)36-15-19-40(20-16-36)64-22-21-42(27-64)72-28-46(69)61-50(55(6,7)8)53(71)65-26-41(67)23-44(65)52(70)57-25-35-9-11-38(12-10-35)49-32(3)58-29-73-49/h9-20,29,31,41-44,50,67H,21-28H2,1-8H3,(H,57,70)(H,59,68)(H,61,69)/t31-,41-,42-,43+,44+,50-/m1/s1. The van der Waals surface area contributed by atoms with Gasteiger partial charge in [-0.25, -0.2) is 4.98 Å². The minimum absolute atomic E-state index is 0.0175. The number of halogens is 1. The van der Waals surface area contributed by atoms with Gasteiger partial charge in [0.05, 0.1) is 46.5 Å². The minimum atomic E-state index is -0.972. The Morgan fingerprint density at radius 2 is 1.62 bits per heavy atom. The van der Waals surface area contributed by atoms with Crippen LogP contribution in [0.25, 0.3) is 15.4 Å². The van der Waals surface area contributed by atoms with Crippen LogP contribution in [-0.4, -0.2) is 110 Å². The maximum atomic E-state index is 14.2. The number of carbonyl (C=O) groups is 4. The van der Waals surface area contributed by atoms with Crippen LogP contribution < -0.4 is 20.9 Å². The third kappa shape index (κ3) is 11.3. The molecule has 0 spiro atoms. The molecule has 6 heterocycles. The molecule has 6 aromatic rings. The second-order valence-electron chi connectivity index (χ2n) is 20.6. The van der Waals surface area contributed by atoms with E-state index in [1.807, 2.05) is 124 Å². The van der Waals surface area contributed by atoms with Crippen molar-refractivity contribution in [1.82, 2.24) is 40.6 Å². The molecular weight excluding hydrogens is 996 g/mol. The van der Waals surface area contributed by atoms with Crippen molar-refractivity contribution in [2.75, 3.05) is 31.1 Å². The molecule has 0 bridgehead atoms.